The Morgan fingerprint density at radius 3 is 1.67 bits per heavy atom. The van der Waals surface area contributed by atoms with Crippen molar-refractivity contribution in [2.24, 2.45) is 0 Å². The third kappa shape index (κ3) is 4.84. The zero-order valence-electron chi connectivity index (χ0n) is 32.2. The molecule has 0 N–H and O–H groups in total. The maximum absolute atomic E-state index is 6.67. The standard InChI is InChI=1S/C55H32N4O/c1-2-12-33(13-3-1)39-21-10-17-37-24-25-38(32-45(37)39)53-56-54(44-22-11-23-48-49(44)43-29-26-36-16-6-9-20-42(36)52(43)60-48)58-55(57-53)59-46-30-27-34-14-4-7-18-40(34)50(46)51-41-19-8-5-15-35(41)28-31-47(51)59/h1-32H. The van der Waals surface area contributed by atoms with Crippen molar-refractivity contribution in [2.45, 2.75) is 0 Å². The summed E-state index contributed by atoms with van der Waals surface area (Å²) in [7, 11) is 0. The molecule has 3 heterocycles. The first kappa shape index (κ1) is 32.9. The van der Waals surface area contributed by atoms with Gasteiger partial charge >= 0.3 is 0 Å². The lowest BCUT2D eigenvalue weighted by molar-refractivity contribution is 0.672. The van der Waals surface area contributed by atoms with E-state index >= 15 is 0 Å². The number of aromatic nitrogens is 4. The van der Waals surface area contributed by atoms with Crippen molar-refractivity contribution in [1.82, 2.24) is 19.5 Å². The molecule has 0 radical (unpaired) electrons. The van der Waals surface area contributed by atoms with Crippen molar-refractivity contribution >= 4 is 86.8 Å². The topological polar surface area (TPSA) is 56.7 Å². The van der Waals surface area contributed by atoms with E-state index in [1.54, 1.807) is 0 Å². The molecule has 0 aliphatic rings. The van der Waals surface area contributed by atoms with E-state index in [9.17, 15) is 0 Å². The minimum atomic E-state index is 0.548. The van der Waals surface area contributed by atoms with Crippen molar-refractivity contribution in [3.05, 3.63) is 194 Å². The minimum Gasteiger partial charge on any atom is -0.455 e. The highest BCUT2D eigenvalue weighted by Crippen LogP contribution is 2.42. The normalized spacial score (nSPS) is 12.0. The van der Waals surface area contributed by atoms with Crippen LogP contribution in [0.5, 0.6) is 0 Å². The van der Waals surface area contributed by atoms with E-state index in [0.717, 1.165) is 76.8 Å². The van der Waals surface area contributed by atoms with Crippen molar-refractivity contribution in [3.63, 3.8) is 0 Å². The van der Waals surface area contributed by atoms with Gasteiger partial charge in [-0.2, -0.15) is 9.97 Å². The van der Waals surface area contributed by atoms with Gasteiger partial charge in [0.05, 0.1) is 11.0 Å². The van der Waals surface area contributed by atoms with Crippen LogP contribution in [0.25, 0.3) is 127 Å². The van der Waals surface area contributed by atoms with E-state index in [2.05, 4.69) is 187 Å². The van der Waals surface area contributed by atoms with E-state index in [-0.39, 0.29) is 0 Å². The van der Waals surface area contributed by atoms with Crippen molar-refractivity contribution in [1.29, 1.82) is 0 Å². The number of fused-ring (bicyclic) bond motifs is 13. The zero-order chi connectivity index (χ0) is 39.3. The Kier molecular flexibility index (Phi) is 6.95. The molecule has 0 spiro atoms. The minimum absolute atomic E-state index is 0.548. The number of nitrogens with zero attached hydrogens (tertiary/aromatic N) is 4. The second-order valence-corrected chi connectivity index (χ2v) is 15.5. The van der Waals surface area contributed by atoms with Gasteiger partial charge in [-0.3, -0.25) is 4.57 Å². The molecule has 0 aliphatic heterocycles. The summed E-state index contributed by atoms with van der Waals surface area (Å²) in [6.07, 6.45) is 0. The molecule has 0 saturated carbocycles. The largest absolute Gasteiger partial charge is 0.455 e. The maximum atomic E-state index is 6.67. The molecule has 278 valence electrons. The summed E-state index contributed by atoms with van der Waals surface area (Å²) in [6, 6.07) is 68.5. The Labute approximate surface area is 343 Å². The fourth-order valence-corrected chi connectivity index (χ4v) is 9.50. The van der Waals surface area contributed by atoms with Gasteiger partial charge in [-0.25, -0.2) is 4.98 Å². The van der Waals surface area contributed by atoms with Crippen molar-refractivity contribution < 1.29 is 4.42 Å². The monoisotopic (exact) mass is 764 g/mol. The van der Waals surface area contributed by atoms with Gasteiger partial charge in [-0.05, 0) is 79.2 Å². The molecule has 0 amide bonds. The molecule has 3 aromatic heterocycles. The molecule has 5 heteroatoms. The third-order valence-electron chi connectivity index (χ3n) is 12.2. The van der Waals surface area contributed by atoms with Gasteiger partial charge in [-0.1, -0.05) is 164 Å². The summed E-state index contributed by atoms with van der Waals surface area (Å²) in [5.41, 5.74) is 7.82. The van der Waals surface area contributed by atoms with Crippen LogP contribution in [0.15, 0.2) is 199 Å². The summed E-state index contributed by atoms with van der Waals surface area (Å²) < 4.78 is 8.90. The van der Waals surface area contributed by atoms with E-state index in [1.807, 2.05) is 12.1 Å². The van der Waals surface area contributed by atoms with Crippen LogP contribution in [-0.2, 0) is 0 Å². The zero-order valence-corrected chi connectivity index (χ0v) is 32.2. The van der Waals surface area contributed by atoms with Crippen LogP contribution in [0.1, 0.15) is 0 Å². The van der Waals surface area contributed by atoms with Gasteiger partial charge in [0, 0.05) is 38.1 Å². The molecule has 13 rings (SSSR count). The van der Waals surface area contributed by atoms with Gasteiger partial charge in [-0.15, -0.1) is 0 Å². The number of benzene rings is 10. The number of furan rings is 1. The summed E-state index contributed by atoms with van der Waals surface area (Å²) >= 11 is 0. The average molecular weight is 765 g/mol. The Balaban J connectivity index is 1.14. The van der Waals surface area contributed by atoms with Gasteiger partial charge in [0.2, 0.25) is 5.95 Å². The Bertz CT molecular complexity index is 3810. The maximum Gasteiger partial charge on any atom is 0.238 e. The van der Waals surface area contributed by atoms with Crippen LogP contribution in [-0.4, -0.2) is 19.5 Å². The van der Waals surface area contributed by atoms with Crippen LogP contribution in [0.3, 0.4) is 0 Å². The summed E-state index contributed by atoms with van der Waals surface area (Å²) in [5, 5.41) is 13.6. The predicted molar refractivity (Wildman–Crippen MR) is 248 cm³/mol. The fourth-order valence-electron chi connectivity index (χ4n) is 9.50. The number of hydrogen-bond donors (Lipinski definition) is 0. The first-order valence-electron chi connectivity index (χ1n) is 20.3. The fraction of sp³-hybridized carbons (Fsp3) is 0. The first-order valence-corrected chi connectivity index (χ1v) is 20.3. The Hall–Kier alpha value is -8.15. The average Bonchev–Trinajstić information content (AvgIpc) is 3.88. The molecule has 0 unspecified atom stereocenters. The molecule has 5 nitrogen and oxygen atoms in total. The van der Waals surface area contributed by atoms with Crippen LogP contribution < -0.4 is 0 Å². The summed E-state index contributed by atoms with van der Waals surface area (Å²) in [6.45, 7) is 0. The van der Waals surface area contributed by atoms with E-state index in [0.29, 0.717) is 17.6 Å². The predicted octanol–water partition coefficient (Wildman–Crippen LogP) is 14.5. The lowest BCUT2D eigenvalue weighted by Crippen LogP contribution is -2.06. The van der Waals surface area contributed by atoms with Gasteiger partial charge in [0.25, 0.3) is 0 Å². The van der Waals surface area contributed by atoms with Gasteiger partial charge in [0.15, 0.2) is 11.6 Å². The highest BCUT2D eigenvalue weighted by molar-refractivity contribution is 6.28. The second-order valence-electron chi connectivity index (χ2n) is 15.5. The number of rotatable bonds is 4. The highest BCUT2D eigenvalue weighted by Gasteiger charge is 2.23. The quantitative estimate of drug-likeness (QED) is 0.179. The molecular weight excluding hydrogens is 733 g/mol. The van der Waals surface area contributed by atoms with Crippen LogP contribution in [0.2, 0.25) is 0 Å². The van der Waals surface area contributed by atoms with Crippen molar-refractivity contribution in [2.75, 3.05) is 0 Å². The lowest BCUT2D eigenvalue weighted by atomic mass is 9.96. The first-order chi connectivity index (χ1) is 29.7. The van der Waals surface area contributed by atoms with Gasteiger partial charge in [0.1, 0.15) is 11.2 Å². The second kappa shape index (κ2) is 12.7. The molecule has 0 bridgehead atoms. The van der Waals surface area contributed by atoms with Crippen LogP contribution in [0.4, 0.5) is 0 Å². The van der Waals surface area contributed by atoms with E-state index < -0.39 is 0 Å². The van der Waals surface area contributed by atoms with E-state index in [4.69, 9.17) is 19.4 Å². The molecule has 60 heavy (non-hydrogen) atoms. The molecule has 0 fully saturated rings. The van der Waals surface area contributed by atoms with E-state index in [1.165, 1.54) is 32.3 Å². The molecule has 13 aromatic rings. The summed E-state index contributed by atoms with van der Waals surface area (Å²) in [5.74, 6) is 1.71. The lowest BCUT2D eigenvalue weighted by Gasteiger charge is -2.13. The molecule has 10 aromatic carbocycles. The van der Waals surface area contributed by atoms with Crippen LogP contribution >= 0.6 is 0 Å². The Morgan fingerprint density at radius 2 is 0.917 bits per heavy atom. The van der Waals surface area contributed by atoms with Gasteiger partial charge < -0.3 is 4.42 Å². The SMILES string of the molecule is c1ccc(-c2cccc3ccc(-c4nc(-c5cccc6oc7c8ccccc8ccc7c56)nc(-n5c6ccc7ccccc7c6c6c7ccccc7ccc65)n4)cc23)cc1. The van der Waals surface area contributed by atoms with Crippen LogP contribution in [0, 0.1) is 0 Å². The summed E-state index contributed by atoms with van der Waals surface area (Å²) in [4.78, 5) is 16.3. The molecule has 0 atom stereocenters. The highest BCUT2D eigenvalue weighted by atomic mass is 16.3. The molecule has 0 aliphatic carbocycles. The molecule has 0 saturated heterocycles. The number of hydrogen-bond acceptors (Lipinski definition) is 4. The smallest absolute Gasteiger partial charge is 0.238 e. The Morgan fingerprint density at radius 1 is 0.350 bits per heavy atom. The third-order valence-corrected chi connectivity index (χ3v) is 12.2. The van der Waals surface area contributed by atoms with Crippen molar-refractivity contribution in [3.8, 4) is 39.9 Å². The molecular formula is C55H32N4O.